The number of thiazole rings is 1. The van der Waals surface area contributed by atoms with Crippen LogP contribution in [0.3, 0.4) is 0 Å². The minimum absolute atomic E-state index is 0.0223. The first-order valence-electron chi connectivity index (χ1n) is 6.42. The van der Waals surface area contributed by atoms with Gasteiger partial charge in [0.1, 0.15) is 0 Å². The number of nitrogens with zero attached hydrogens (tertiary/aromatic N) is 2. The third-order valence-corrected chi connectivity index (χ3v) is 6.28. The van der Waals surface area contributed by atoms with E-state index >= 15 is 0 Å². The van der Waals surface area contributed by atoms with Gasteiger partial charge >= 0.3 is 6.09 Å². The molecule has 1 fully saturated rings. The van der Waals surface area contributed by atoms with E-state index < -0.39 is 28.2 Å². The van der Waals surface area contributed by atoms with Crippen molar-refractivity contribution in [1.82, 2.24) is 14.6 Å². The quantitative estimate of drug-likeness (QED) is 0.783. The summed E-state index contributed by atoms with van der Waals surface area (Å²) >= 11 is 4.68. The molecule has 0 radical (unpaired) electrons. The van der Waals surface area contributed by atoms with E-state index in [1.807, 2.05) is 5.38 Å². The molecular weight excluding hydrogens is 382 g/mol. The average Bonchev–Trinajstić information content (AvgIpc) is 2.97. The van der Waals surface area contributed by atoms with Gasteiger partial charge in [0, 0.05) is 24.4 Å². The molecule has 7 nitrogen and oxygen atoms in total. The maximum atomic E-state index is 11.7. The molecule has 0 saturated carbocycles. The molecule has 118 valence electrons. The van der Waals surface area contributed by atoms with Gasteiger partial charge in [-0.3, -0.25) is 0 Å². The summed E-state index contributed by atoms with van der Waals surface area (Å²) in [7, 11) is -3.37. The molecule has 1 aromatic heterocycles. The van der Waals surface area contributed by atoms with Gasteiger partial charge in [-0.1, -0.05) is 0 Å². The standard InChI is InChI=1S/C11H16BrN3O4S2/c1-2-21(18,19)14-8-3-4-15(11(16)17)9(8)5-7-6-20-10(12)13-7/h6,8-9,14H,2-5H2,1H3,(H,16,17). The van der Waals surface area contributed by atoms with E-state index in [4.69, 9.17) is 0 Å². The van der Waals surface area contributed by atoms with Crippen LogP contribution in [0.1, 0.15) is 19.0 Å². The Morgan fingerprint density at radius 1 is 1.67 bits per heavy atom. The van der Waals surface area contributed by atoms with E-state index in [2.05, 4.69) is 25.6 Å². The van der Waals surface area contributed by atoms with Gasteiger partial charge in [-0.25, -0.2) is 22.9 Å². The van der Waals surface area contributed by atoms with Crippen molar-refractivity contribution in [2.24, 2.45) is 0 Å². The molecule has 1 aromatic rings. The molecule has 1 aliphatic rings. The monoisotopic (exact) mass is 397 g/mol. The van der Waals surface area contributed by atoms with Crippen LogP contribution in [0.5, 0.6) is 0 Å². The van der Waals surface area contributed by atoms with Gasteiger partial charge in [-0.05, 0) is 29.3 Å². The van der Waals surface area contributed by atoms with Crippen LogP contribution in [0, 0.1) is 0 Å². The maximum Gasteiger partial charge on any atom is 0.407 e. The number of nitrogens with one attached hydrogen (secondary N) is 1. The Labute approximate surface area is 135 Å². The molecule has 0 aliphatic carbocycles. The number of carbonyl (C=O) groups is 1. The highest BCUT2D eigenvalue weighted by Crippen LogP contribution is 2.24. The smallest absolute Gasteiger partial charge is 0.407 e. The second-order valence-corrected chi connectivity index (χ2v) is 8.93. The zero-order valence-corrected chi connectivity index (χ0v) is 14.5. The Hall–Kier alpha value is -0.710. The molecule has 1 aliphatic heterocycles. The van der Waals surface area contributed by atoms with Crippen molar-refractivity contribution in [2.75, 3.05) is 12.3 Å². The Kier molecular flexibility index (Phi) is 5.23. The van der Waals surface area contributed by atoms with E-state index in [0.29, 0.717) is 19.4 Å². The third-order valence-electron chi connectivity index (χ3n) is 3.44. The van der Waals surface area contributed by atoms with Gasteiger partial charge in [-0.2, -0.15) is 0 Å². The molecule has 21 heavy (non-hydrogen) atoms. The van der Waals surface area contributed by atoms with Gasteiger partial charge in [0.15, 0.2) is 3.92 Å². The van der Waals surface area contributed by atoms with Crippen LogP contribution in [0.15, 0.2) is 9.30 Å². The normalized spacial score (nSPS) is 22.7. The van der Waals surface area contributed by atoms with Crippen molar-refractivity contribution in [2.45, 2.75) is 31.8 Å². The lowest BCUT2D eigenvalue weighted by Gasteiger charge is -2.25. The molecule has 10 heteroatoms. The molecular formula is C11H16BrN3O4S2. The van der Waals surface area contributed by atoms with E-state index in [1.165, 1.54) is 16.2 Å². The van der Waals surface area contributed by atoms with Crippen LogP contribution in [0.25, 0.3) is 0 Å². The van der Waals surface area contributed by atoms with Gasteiger partial charge in [0.05, 0.1) is 17.5 Å². The van der Waals surface area contributed by atoms with Crippen molar-refractivity contribution >= 4 is 43.4 Å². The van der Waals surface area contributed by atoms with Gasteiger partial charge < -0.3 is 10.0 Å². The Balaban J connectivity index is 2.18. The topological polar surface area (TPSA) is 99.6 Å². The Morgan fingerprint density at radius 2 is 2.38 bits per heavy atom. The van der Waals surface area contributed by atoms with Crippen LogP contribution in [-0.2, 0) is 16.4 Å². The lowest BCUT2D eigenvalue weighted by Crippen LogP contribution is -2.47. The number of likely N-dealkylation sites (tertiary alicyclic amines) is 1. The number of hydrogen-bond donors (Lipinski definition) is 2. The molecule has 2 unspecified atom stereocenters. The fourth-order valence-corrected chi connectivity index (χ4v) is 4.35. The zero-order valence-electron chi connectivity index (χ0n) is 11.3. The fourth-order valence-electron chi connectivity index (χ4n) is 2.39. The molecule has 0 aromatic carbocycles. The summed E-state index contributed by atoms with van der Waals surface area (Å²) in [6.45, 7) is 1.88. The van der Waals surface area contributed by atoms with Crippen LogP contribution in [-0.4, -0.2) is 53.9 Å². The molecule has 0 spiro atoms. The van der Waals surface area contributed by atoms with Crippen molar-refractivity contribution in [1.29, 1.82) is 0 Å². The fraction of sp³-hybridized carbons (Fsp3) is 0.636. The first kappa shape index (κ1) is 16.7. The second kappa shape index (κ2) is 6.59. The minimum Gasteiger partial charge on any atom is -0.465 e. The molecule has 2 rings (SSSR count). The third kappa shape index (κ3) is 4.15. The van der Waals surface area contributed by atoms with Crippen molar-refractivity contribution in [3.8, 4) is 0 Å². The first-order chi connectivity index (χ1) is 9.82. The maximum absolute atomic E-state index is 11.7. The highest BCUT2D eigenvalue weighted by molar-refractivity contribution is 9.11. The van der Waals surface area contributed by atoms with Gasteiger partial charge in [0.25, 0.3) is 0 Å². The van der Waals surface area contributed by atoms with E-state index in [1.54, 1.807) is 6.92 Å². The van der Waals surface area contributed by atoms with Crippen molar-refractivity contribution in [3.63, 3.8) is 0 Å². The Bertz CT molecular complexity index is 619. The molecule has 2 heterocycles. The average molecular weight is 398 g/mol. The van der Waals surface area contributed by atoms with Crippen LogP contribution >= 0.6 is 27.3 Å². The number of halogens is 1. The van der Waals surface area contributed by atoms with Gasteiger partial charge in [-0.15, -0.1) is 11.3 Å². The van der Waals surface area contributed by atoms with E-state index in [-0.39, 0.29) is 5.75 Å². The number of hydrogen-bond acceptors (Lipinski definition) is 5. The lowest BCUT2D eigenvalue weighted by atomic mass is 10.1. The van der Waals surface area contributed by atoms with Crippen LogP contribution < -0.4 is 4.72 Å². The zero-order chi connectivity index (χ0) is 15.6. The summed E-state index contributed by atoms with van der Waals surface area (Å²) < 4.78 is 26.8. The molecule has 0 bridgehead atoms. The van der Waals surface area contributed by atoms with Gasteiger partial charge in [0.2, 0.25) is 10.0 Å². The highest BCUT2D eigenvalue weighted by Gasteiger charge is 2.39. The number of sulfonamides is 1. The predicted molar refractivity (Wildman–Crippen MR) is 83.0 cm³/mol. The largest absolute Gasteiger partial charge is 0.465 e. The SMILES string of the molecule is CCS(=O)(=O)NC1CCN(C(=O)O)C1Cc1csc(Br)n1. The van der Waals surface area contributed by atoms with E-state index in [9.17, 15) is 18.3 Å². The summed E-state index contributed by atoms with van der Waals surface area (Å²) in [5.74, 6) is -0.0223. The highest BCUT2D eigenvalue weighted by atomic mass is 79.9. The summed E-state index contributed by atoms with van der Waals surface area (Å²) in [6, 6.07) is -0.843. The molecule has 1 amide bonds. The summed E-state index contributed by atoms with van der Waals surface area (Å²) in [6.07, 6.45) is -0.167. The number of aromatic nitrogens is 1. The summed E-state index contributed by atoms with van der Waals surface area (Å²) in [5.41, 5.74) is 0.755. The molecule has 1 saturated heterocycles. The second-order valence-electron chi connectivity index (χ2n) is 4.76. The van der Waals surface area contributed by atoms with E-state index in [0.717, 1.165) is 9.61 Å². The molecule has 2 N–H and O–H groups in total. The van der Waals surface area contributed by atoms with Crippen molar-refractivity contribution < 1.29 is 18.3 Å². The number of carboxylic acid groups (broad SMARTS) is 1. The lowest BCUT2D eigenvalue weighted by molar-refractivity contribution is 0.137. The number of rotatable bonds is 5. The van der Waals surface area contributed by atoms with Crippen LogP contribution in [0.2, 0.25) is 0 Å². The minimum atomic E-state index is -3.37. The predicted octanol–water partition coefficient (Wildman–Crippen LogP) is 1.51. The Morgan fingerprint density at radius 3 is 2.90 bits per heavy atom. The summed E-state index contributed by atoms with van der Waals surface area (Å²) in [5, 5.41) is 11.1. The molecule has 2 atom stereocenters. The van der Waals surface area contributed by atoms with Crippen molar-refractivity contribution in [3.05, 3.63) is 15.0 Å². The first-order valence-corrected chi connectivity index (χ1v) is 9.74. The number of amides is 1. The van der Waals surface area contributed by atoms with Crippen LogP contribution in [0.4, 0.5) is 4.79 Å². The summed E-state index contributed by atoms with van der Waals surface area (Å²) in [4.78, 5) is 16.9.